The van der Waals surface area contributed by atoms with Crippen LogP contribution in [-0.2, 0) is 11.8 Å². The highest BCUT2D eigenvalue weighted by atomic mass is 79.9. The predicted molar refractivity (Wildman–Crippen MR) is 68.8 cm³/mol. The summed E-state index contributed by atoms with van der Waals surface area (Å²) in [6, 6.07) is 6.53. The molecule has 0 nitrogen and oxygen atoms in total. The zero-order valence-corrected chi connectivity index (χ0v) is 11.0. The molecular weight excluding hydrogens is 280 g/mol. The first kappa shape index (κ1) is 10.5. The fourth-order valence-corrected chi connectivity index (χ4v) is 3.42. The summed E-state index contributed by atoms with van der Waals surface area (Å²) in [5.74, 6) is 0. The van der Waals surface area contributed by atoms with E-state index < -0.39 is 0 Å². The molecule has 0 fully saturated rings. The Balaban J connectivity index is 2.72. The van der Waals surface area contributed by atoms with E-state index in [1.165, 1.54) is 21.2 Å². The summed E-state index contributed by atoms with van der Waals surface area (Å²) < 4.78 is 2.18. The van der Waals surface area contributed by atoms with Crippen LogP contribution >= 0.6 is 38.9 Å². The second-order valence-corrected chi connectivity index (χ2v) is 5.46. The van der Waals surface area contributed by atoms with Gasteiger partial charge in [-0.05, 0) is 29.0 Å². The highest BCUT2D eigenvalue weighted by Crippen LogP contribution is 2.34. The Morgan fingerprint density at radius 2 is 2.14 bits per heavy atom. The van der Waals surface area contributed by atoms with Crippen LogP contribution in [0.3, 0.4) is 0 Å². The maximum atomic E-state index is 6.01. The fourth-order valence-electron chi connectivity index (χ4n) is 1.57. The SMILES string of the molecule is CCc1cc(CBr)c2sc(Cl)cc2c1. The number of benzene rings is 1. The Morgan fingerprint density at radius 3 is 2.79 bits per heavy atom. The smallest absolute Gasteiger partial charge is 0.0940 e. The molecule has 0 bridgehead atoms. The van der Waals surface area contributed by atoms with Gasteiger partial charge in [-0.1, -0.05) is 46.6 Å². The number of fused-ring (bicyclic) bond motifs is 1. The lowest BCUT2D eigenvalue weighted by Crippen LogP contribution is -1.84. The molecule has 0 unspecified atom stereocenters. The largest absolute Gasteiger partial charge is 0.123 e. The first-order valence-corrected chi connectivity index (χ1v) is 6.83. The first-order valence-electron chi connectivity index (χ1n) is 4.51. The fraction of sp³-hybridized carbons (Fsp3) is 0.273. The first-order chi connectivity index (χ1) is 6.74. The van der Waals surface area contributed by atoms with E-state index in [0.29, 0.717) is 0 Å². The van der Waals surface area contributed by atoms with E-state index >= 15 is 0 Å². The van der Waals surface area contributed by atoms with Crippen LogP contribution in [-0.4, -0.2) is 0 Å². The van der Waals surface area contributed by atoms with Gasteiger partial charge in [-0.3, -0.25) is 0 Å². The summed E-state index contributed by atoms with van der Waals surface area (Å²) >= 11 is 11.2. The summed E-state index contributed by atoms with van der Waals surface area (Å²) in [5, 5.41) is 2.17. The third kappa shape index (κ3) is 1.83. The van der Waals surface area contributed by atoms with Crippen molar-refractivity contribution < 1.29 is 0 Å². The number of alkyl halides is 1. The van der Waals surface area contributed by atoms with Crippen LogP contribution in [0.5, 0.6) is 0 Å². The normalized spacial score (nSPS) is 11.1. The molecule has 74 valence electrons. The molecule has 14 heavy (non-hydrogen) atoms. The molecular formula is C11H10BrClS. The Morgan fingerprint density at radius 1 is 1.36 bits per heavy atom. The van der Waals surface area contributed by atoms with Gasteiger partial charge in [0.1, 0.15) is 0 Å². The van der Waals surface area contributed by atoms with Crippen molar-refractivity contribution in [2.75, 3.05) is 0 Å². The number of rotatable bonds is 2. The van der Waals surface area contributed by atoms with Gasteiger partial charge in [0.25, 0.3) is 0 Å². The number of aryl methyl sites for hydroxylation is 1. The van der Waals surface area contributed by atoms with Gasteiger partial charge in [-0.25, -0.2) is 0 Å². The zero-order valence-electron chi connectivity index (χ0n) is 7.81. The van der Waals surface area contributed by atoms with Gasteiger partial charge < -0.3 is 0 Å². The van der Waals surface area contributed by atoms with Crippen molar-refractivity contribution in [3.05, 3.63) is 33.7 Å². The number of hydrogen-bond acceptors (Lipinski definition) is 1. The standard InChI is InChI=1S/C11H10BrClS/c1-2-7-3-8-5-10(13)14-11(8)9(4-7)6-12/h3-5H,2,6H2,1H3. The molecule has 2 rings (SSSR count). The van der Waals surface area contributed by atoms with Gasteiger partial charge in [-0.15, -0.1) is 11.3 Å². The van der Waals surface area contributed by atoms with Gasteiger partial charge in [0.05, 0.1) is 4.34 Å². The van der Waals surface area contributed by atoms with Crippen LogP contribution in [0.2, 0.25) is 4.34 Å². The van der Waals surface area contributed by atoms with Crippen LogP contribution in [0.1, 0.15) is 18.1 Å². The van der Waals surface area contributed by atoms with Crippen molar-refractivity contribution in [1.29, 1.82) is 0 Å². The number of hydrogen-bond donors (Lipinski definition) is 0. The summed E-state index contributed by atoms with van der Waals surface area (Å²) in [6.07, 6.45) is 1.07. The minimum atomic E-state index is 0.871. The molecule has 0 radical (unpaired) electrons. The topological polar surface area (TPSA) is 0 Å². The molecule has 0 saturated carbocycles. The van der Waals surface area contributed by atoms with Crippen LogP contribution in [0.15, 0.2) is 18.2 Å². The number of thiophene rings is 1. The molecule has 0 aliphatic heterocycles. The van der Waals surface area contributed by atoms with Gasteiger partial charge in [0, 0.05) is 10.0 Å². The van der Waals surface area contributed by atoms with Crippen LogP contribution in [0, 0.1) is 0 Å². The maximum Gasteiger partial charge on any atom is 0.0940 e. The lowest BCUT2D eigenvalue weighted by Gasteiger charge is -2.02. The molecule has 3 heteroatoms. The van der Waals surface area contributed by atoms with Crippen LogP contribution in [0.25, 0.3) is 10.1 Å². The van der Waals surface area contributed by atoms with Gasteiger partial charge in [0.2, 0.25) is 0 Å². The summed E-state index contributed by atoms with van der Waals surface area (Å²) in [5.41, 5.74) is 2.72. The highest BCUT2D eigenvalue weighted by molar-refractivity contribution is 9.08. The van der Waals surface area contributed by atoms with Crippen LogP contribution in [0.4, 0.5) is 0 Å². The van der Waals surface area contributed by atoms with Crippen molar-refractivity contribution in [2.45, 2.75) is 18.7 Å². The molecule has 0 aliphatic carbocycles. The van der Waals surface area contributed by atoms with E-state index in [1.807, 2.05) is 6.07 Å². The molecule has 0 amide bonds. The van der Waals surface area contributed by atoms with Gasteiger partial charge in [-0.2, -0.15) is 0 Å². The molecule has 1 aromatic carbocycles. The van der Waals surface area contributed by atoms with Crippen molar-refractivity contribution in [2.24, 2.45) is 0 Å². The second kappa shape index (κ2) is 4.21. The van der Waals surface area contributed by atoms with Crippen molar-refractivity contribution in [1.82, 2.24) is 0 Å². The minimum Gasteiger partial charge on any atom is -0.123 e. The van der Waals surface area contributed by atoms with Crippen molar-refractivity contribution >= 4 is 49.0 Å². The third-order valence-electron chi connectivity index (χ3n) is 2.28. The van der Waals surface area contributed by atoms with Gasteiger partial charge in [0.15, 0.2) is 0 Å². The molecule has 2 aromatic rings. The van der Waals surface area contributed by atoms with Crippen LogP contribution < -0.4 is 0 Å². The van der Waals surface area contributed by atoms with E-state index in [9.17, 15) is 0 Å². The molecule has 1 aromatic heterocycles. The second-order valence-electron chi connectivity index (χ2n) is 3.21. The Hall–Kier alpha value is -0.0500. The monoisotopic (exact) mass is 288 g/mol. The lowest BCUT2D eigenvalue weighted by molar-refractivity contribution is 1.14. The van der Waals surface area contributed by atoms with E-state index in [1.54, 1.807) is 11.3 Å². The third-order valence-corrected chi connectivity index (χ3v) is 4.23. The minimum absolute atomic E-state index is 0.871. The summed E-state index contributed by atoms with van der Waals surface area (Å²) in [7, 11) is 0. The van der Waals surface area contributed by atoms with Crippen molar-refractivity contribution in [3.63, 3.8) is 0 Å². The average molecular weight is 290 g/mol. The number of halogens is 2. The Kier molecular flexibility index (Phi) is 3.15. The summed E-state index contributed by atoms with van der Waals surface area (Å²) in [6.45, 7) is 2.17. The molecule has 0 saturated heterocycles. The lowest BCUT2D eigenvalue weighted by atomic mass is 10.1. The Bertz CT molecular complexity index is 462. The maximum absolute atomic E-state index is 6.01. The molecule has 1 heterocycles. The molecule has 0 atom stereocenters. The van der Waals surface area contributed by atoms with E-state index in [0.717, 1.165) is 16.1 Å². The van der Waals surface area contributed by atoms with Crippen molar-refractivity contribution in [3.8, 4) is 0 Å². The predicted octanol–water partition coefficient (Wildman–Crippen LogP) is 5.01. The van der Waals surface area contributed by atoms with E-state index in [2.05, 4.69) is 35.0 Å². The highest BCUT2D eigenvalue weighted by Gasteiger charge is 2.06. The molecule has 0 spiro atoms. The van der Waals surface area contributed by atoms with Gasteiger partial charge >= 0.3 is 0 Å². The quantitative estimate of drug-likeness (QED) is 0.682. The average Bonchev–Trinajstić information content (AvgIpc) is 2.56. The molecule has 0 N–H and O–H groups in total. The Labute approximate surface area is 101 Å². The molecule has 0 aliphatic rings. The zero-order chi connectivity index (χ0) is 10.1. The van der Waals surface area contributed by atoms with E-state index in [4.69, 9.17) is 11.6 Å². The van der Waals surface area contributed by atoms with E-state index in [-0.39, 0.29) is 0 Å². The summed E-state index contributed by atoms with van der Waals surface area (Å²) in [4.78, 5) is 0.